The van der Waals surface area contributed by atoms with E-state index in [0.717, 1.165) is 11.8 Å². The number of aryl methyl sites for hydroxylation is 1. The molecule has 1 aliphatic carbocycles. The highest BCUT2D eigenvalue weighted by atomic mass is 14.9. The summed E-state index contributed by atoms with van der Waals surface area (Å²) in [5, 5.41) is 3.70. The van der Waals surface area contributed by atoms with E-state index in [1.54, 1.807) is 0 Å². The highest BCUT2D eigenvalue weighted by Crippen LogP contribution is 2.37. The highest BCUT2D eigenvalue weighted by molar-refractivity contribution is 5.24. The minimum atomic E-state index is 0.536. The summed E-state index contributed by atoms with van der Waals surface area (Å²) >= 11 is 0. The van der Waals surface area contributed by atoms with Crippen molar-refractivity contribution in [2.24, 2.45) is 11.8 Å². The first-order chi connectivity index (χ1) is 7.70. The molecule has 0 radical (unpaired) electrons. The van der Waals surface area contributed by atoms with Crippen molar-refractivity contribution in [2.75, 3.05) is 6.54 Å². The molecule has 88 valence electrons. The SMILES string of the molecule is CCC(NCC1CC1C)c1ccc(C)cc1. The van der Waals surface area contributed by atoms with Crippen LogP contribution in [0.2, 0.25) is 0 Å². The number of hydrogen-bond donors (Lipinski definition) is 1. The topological polar surface area (TPSA) is 12.0 Å². The van der Waals surface area contributed by atoms with E-state index >= 15 is 0 Å². The molecule has 0 aromatic heterocycles. The van der Waals surface area contributed by atoms with E-state index < -0.39 is 0 Å². The standard InChI is InChI=1S/C15H23N/c1-4-15(16-10-14-9-12(14)3)13-7-5-11(2)6-8-13/h5-8,12,14-16H,4,9-10H2,1-3H3. The summed E-state index contributed by atoms with van der Waals surface area (Å²) in [5.41, 5.74) is 2.77. The minimum Gasteiger partial charge on any atom is -0.310 e. The van der Waals surface area contributed by atoms with Crippen LogP contribution in [0.15, 0.2) is 24.3 Å². The van der Waals surface area contributed by atoms with Crippen LogP contribution in [-0.2, 0) is 0 Å². The van der Waals surface area contributed by atoms with Crippen LogP contribution in [0.3, 0.4) is 0 Å². The number of rotatable bonds is 5. The van der Waals surface area contributed by atoms with Crippen molar-refractivity contribution in [1.82, 2.24) is 5.32 Å². The predicted octanol–water partition coefficient (Wildman–Crippen LogP) is 3.69. The van der Waals surface area contributed by atoms with Crippen LogP contribution >= 0.6 is 0 Å². The van der Waals surface area contributed by atoms with Gasteiger partial charge in [-0.25, -0.2) is 0 Å². The number of nitrogens with one attached hydrogen (secondary N) is 1. The summed E-state index contributed by atoms with van der Waals surface area (Å²) in [6.07, 6.45) is 2.58. The van der Waals surface area contributed by atoms with E-state index in [-0.39, 0.29) is 0 Å². The molecule has 16 heavy (non-hydrogen) atoms. The van der Waals surface area contributed by atoms with Crippen LogP contribution in [0.25, 0.3) is 0 Å². The second-order valence-corrected chi connectivity index (χ2v) is 5.25. The van der Waals surface area contributed by atoms with Crippen LogP contribution in [0.4, 0.5) is 0 Å². The summed E-state index contributed by atoms with van der Waals surface area (Å²) in [4.78, 5) is 0. The molecule has 1 fully saturated rings. The Kier molecular flexibility index (Phi) is 3.65. The van der Waals surface area contributed by atoms with Crippen molar-refractivity contribution in [3.63, 3.8) is 0 Å². The predicted molar refractivity (Wildman–Crippen MR) is 69.5 cm³/mol. The van der Waals surface area contributed by atoms with Gasteiger partial charge in [-0.05, 0) is 43.7 Å². The maximum Gasteiger partial charge on any atom is 0.0317 e. The third kappa shape index (κ3) is 2.85. The molecule has 2 rings (SSSR count). The fourth-order valence-corrected chi connectivity index (χ4v) is 2.27. The smallest absolute Gasteiger partial charge is 0.0317 e. The van der Waals surface area contributed by atoms with Gasteiger partial charge in [-0.1, -0.05) is 43.7 Å². The van der Waals surface area contributed by atoms with Gasteiger partial charge >= 0.3 is 0 Å². The van der Waals surface area contributed by atoms with Gasteiger partial charge in [-0.3, -0.25) is 0 Å². The van der Waals surface area contributed by atoms with E-state index in [1.165, 1.54) is 30.5 Å². The lowest BCUT2D eigenvalue weighted by Crippen LogP contribution is -2.23. The maximum absolute atomic E-state index is 3.70. The number of benzene rings is 1. The lowest BCUT2D eigenvalue weighted by Gasteiger charge is -2.17. The molecule has 1 saturated carbocycles. The van der Waals surface area contributed by atoms with Crippen molar-refractivity contribution < 1.29 is 0 Å². The molecular weight excluding hydrogens is 194 g/mol. The lowest BCUT2D eigenvalue weighted by molar-refractivity contribution is 0.493. The molecule has 1 aliphatic rings. The first kappa shape index (κ1) is 11.7. The Balaban J connectivity index is 1.90. The fraction of sp³-hybridized carbons (Fsp3) is 0.600. The molecule has 0 heterocycles. The van der Waals surface area contributed by atoms with Gasteiger partial charge in [0.25, 0.3) is 0 Å². The van der Waals surface area contributed by atoms with Gasteiger partial charge in [0.05, 0.1) is 0 Å². The van der Waals surface area contributed by atoms with E-state index in [0.29, 0.717) is 6.04 Å². The first-order valence-corrected chi connectivity index (χ1v) is 6.50. The zero-order chi connectivity index (χ0) is 11.5. The lowest BCUT2D eigenvalue weighted by atomic mass is 10.0. The van der Waals surface area contributed by atoms with Crippen LogP contribution in [-0.4, -0.2) is 6.54 Å². The molecule has 3 unspecified atom stereocenters. The van der Waals surface area contributed by atoms with Gasteiger partial charge in [-0.15, -0.1) is 0 Å². The largest absolute Gasteiger partial charge is 0.310 e. The van der Waals surface area contributed by atoms with E-state index in [1.807, 2.05) is 0 Å². The molecule has 1 aromatic carbocycles. The molecule has 1 N–H and O–H groups in total. The molecule has 3 atom stereocenters. The van der Waals surface area contributed by atoms with E-state index in [2.05, 4.69) is 50.4 Å². The Bertz CT molecular complexity index is 328. The van der Waals surface area contributed by atoms with Gasteiger partial charge in [-0.2, -0.15) is 0 Å². The maximum atomic E-state index is 3.70. The summed E-state index contributed by atoms with van der Waals surface area (Å²) in [7, 11) is 0. The molecule has 1 heteroatoms. The molecule has 0 aliphatic heterocycles. The first-order valence-electron chi connectivity index (χ1n) is 6.50. The number of hydrogen-bond acceptors (Lipinski definition) is 1. The van der Waals surface area contributed by atoms with Crippen LogP contribution in [0.1, 0.15) is 43.9 Å². The van der Waals surface area contributed by atoms with Crippen molar-refractivity contribution in [2.45, 2.75) is 39.7 Å². The minimum absolute atomic E-state index is 0.536. The zero-order valence-electron chi connectivity index (χ0n) is 10.7. The van der Waals surface area contributed by atoms with Gasteiger partial charge in [0.1, 0.15) is 0 Å². The summed E-state index contributed by atoms with van der Waals surface area (Å²) in [6.45, 7) is 7.94. The average Bonchev–Trinajstić information content (AvgIpc) is 2.98. The molecule has 0 amide bonds. The highest BCUT2D eigenvalue weighted by Gasteiger charge is 2.32. The molecule has 0 saturated heterocycles. The van der Waals surface area contributed by atoms with Crippen LogP contribution in [0, 0.1) is 18.8 Å². The van der Waals surface area contributed by atoms with Crippen molar-refractivity contribution >= 4 is 0 Å². The molecule has 0 bridgehead atoms. The Morgan fingerprint density at radius 2 is 1.94 bits per heavy atom. The summed E-state index contributed by atoms with van der Waals surface area (Å²) < 4.78 is 0. The Morgan fingerprint density at radius 1 is 1.31 bits per heavy atom. The molecular formula is C15H23N. The Morgan fingerprint density at radius 3 is 2.44 bits per heavy atom. The summed E-state index contributed by atoms with van der Waals surface area (Å²) in [6, 6.07) is 9.46. The van der Waals surface area contributed by atoms with E-state index in [4.69, 9.17) is 0 Å². The Labute approximate surface area is 99.3 Å². The van der Waals surface area contributed by atoms with Crippen molar-refractivity contribution in [3.05, 3.63) is 35.4 Å². The van der Waals surface area contributed by atoms with Crippen LogP contribution in [0.5, 0.6) is 0 Å². The van der Waals surface area contributed by atoms with Crippen molar-refractivity contribution in [1.29, 1.82) is 0 Å². The third-order valence-electron chi connectivity index (χ3n) is 3.79. The second-order valence-electron chi connectivity index (χ2n) is 5.25. The molecule has 0 spiro atoms. The van der Waals surface area contributed by atoms with Gasteiger partial charge in [0.2, 0.25) is 0 Å². The molecule has 1 aromatic rings. The van der Waals surface area contributed by atoms with Crippen molar-refractivity contribution in [3.8, 4) is 0 Å². The monoisotopic (exact) mass is 217 g/mol. The van der Waals surface area contributed by atoms with Gasteiger partial charge in [0, 0.05) is 6.04 Å². The third-order valence-corrected chi connectivity index (χ3v) is 3.79. The zero-order valence-corrected chi connectivity index (χ0v) is 10.7. The average molecular weight is 217 g/mol. The second kappa shape index (κ2) is 5.01. The molecule has 1 nitrogen and oxygen atoms in total. The van der Waals surface area contributed by atoms with Gasteiger partial charge in [0.15, 0.2) is 0 Å². The summed E-state index contributed by atoms with van der Waals surface area (Å²) in [5.74, 6) is 1.88. The Hall–Kier alpha value is -0.820. The quantitative estimate of drug-likeness (QED) is 0.793. The fourth-order valence-electron chi connectivity index (χ4n) is 2.27. The van der Waals surface area contributed by atoms with E-state index in [9.17, 15) is 0 Å². The normalized spacial score (nSPS) is 25.4. The van der Waals surface area contributed by atoms with Crippen LogP contribution < -0.4 is 5.32 Å². The van der Waals surface area contributed by atoms with Gasteiger partial charge < -0.3 is 5.32 Å².